The van der Waals surface area contributed by atoms with Crippen LogP contribution in [0.25, 0.3) is 0 Å². The van der Waals surface area contributed by atoms with Crippen molar-refractivity contribution in [1.82, 2.24) is 0 Å². The number of benzene rings is 1. The molecule has 0 radical (unpaired) electrons. The highest BCUT2D eigenvalue weighted by Gasteiger charge is 2.17. The van der Waals surface area contributed by atoms with Gasteiger partial charge < -0.3 is 0 Å². The molecular formula is C6H2BrFINO2. The second-order valence-corrected chi connectivity index (χ2v) is 4.08. The maximum atomic E-state index is 12.9. The van der Waals surface area contributed by atoms with Crippen LogP contribution >= 0.6 is 38.5 Å². The summed E-state index contributed by atoms with van der Waals surface area (Å²) in [5.41, 5.74) is -0.506. The predicted octanol–water partition coefficient (Wildman–Crippen LogP) is 3.10. The van der Waals surface area contributed by atoms with Crippen molar-refractivity contribution < 1.29 is 9.31 Å². The summed E-state index contributed by atoms with van der Waals surface area (Å²) in [7, 11) is 0. The maximum Gasteiger partial charge on any atom is 0.307 e. The molecule has 1 rings (SSSR count). The molecule has 0 aliphatic rings. The molecule has 0 spiro atoms. The second-order valence-electron chi connectivity index (χ2n) is 1.98. The smallest absolute Gasteiger partial charge is 0.258 e. The molecule has 3 nitrogen and oxygen atoms in total. The van der Waals surface area contributed by atoms with E-state index in [1.54, 1.807) is 0 Å². The normalized spacial score (nSPS) is 9.92. The first-order chi connectivity index (χ1) is 5.52. The van der Waals surface area contributed by atoms with Gasteiger partial charge in [0.05, 0.1) is 9.40 Å². The largest absolute Gasteiger partial charge is 0.307 e. The van der Waals surface area contributed by atoms with Crippen LogP contribution in [-0.2, 0) is 0 Å². The predicted molar refractivity (Wildman–Crippen MR) is 53.5 cm³/mol. The van der Waals surface area contributed by atoms with E-state index in [9.17, 15) is 14.5 Å². The average Bonchev–Trinajstić information content (AvgIpc) is 1.96. The Labute approximate surface area is 89.4 Å². The van der Waals surface area contributed by atoms with Gasteiger partial charge in [-0.15, -0.1) is 0 Å². The van der Waals surface area contributed by atoms with Gasteiger partial charge in [0.2, 0.25) is 5.82 Å². The fraction of sp³-hybridized carbons (Fsp3) is 0. The number of hydrogen-bond donors (Lipinski definition) is 0. The zero-order valence-electron chi connectivity index (χ0n) is 5.55. The summed E-state index contributed by atoms with van der Waals surface area (Å²) in [6.45, 7) is 0. The van der Waals surface area contributed by atoms with Gasteiger partial charge in [-0.25, -0.2) is 0 Å². The highest BCUT2D eigenvalue weighted by molar-refractivity contribution is 14.1. The molecule has 0 unspecified atom stereocenters. The van der Waals surface area contributed by atoms with Gasteiger partial charge in [0, 0.05) is 9.64 Å². The molecule has 0 aliphatic heterocycles. The third-order valence-electron chi connectivity index (χ3n) is 1.17. The Balaban J connectivity index is 3.37. The first-order valence-electron chi connectivity index (χ1n) is 2.81. The number of halogens is 3. The van der Waals surface area contributed by atoms with Gasteiger partial charge in [0.1, 0.15) is 0 Å². The molecule has 0 aromatic heterocycles. The number of nitro groups is 1. The van der Waals surface area contributed by atoms with Crippen molar-refractivity contribution >= 4 is 44.2 Å². The third-order valence-corrected chi connectivity index (χ3v) is 2.37. The van der Waals surface area contributed by atoms with Crippen molar-refractivity contribution in [3.63, 3.8) is 0 Å². The van der Waals surface area contributed by atoms with Gasteiger partial charge in [-0.1, -0.05) is 0 Å². The minimum Gasteiger partial charge on any atom is -0.258 e. The summed E-state index contributed by atoms with van der Waals surface area (Å²) in [6, 6.07) is 2.66. The van der Waals surface area contributed by atoms with E-state index in [1.807, 2.05) is 22.6 Å². The molecule has 6 heteroatoms. The topological polar surface area (TPSA) is 43.1 Å². The highest BCUT2D eigenvalue weighted by atomic mass is 127. The van der Waals surface area contributed by atoms with Gasteiger partial charge in [-0.3, -0.25) is 10.1 Å². The monoisotopic (exact) mass is 345 g/mol. The lowest BCUT2D eigenvalue weighted by Crippen LogP contribution is -1.93. The Hall–Kier alpha value is -0.240. The number of nitrogens with zero attached hydrogens (tertiary/aromatic N) is 1. The Morgan fingerprint density at radius 2 is 2.17 bits per heavy atom. The summed E-state index contributed by atoms with van der Waals surface area (Å²) in [5.74, 6) is -0.833. The van der Waals surface area contributed by atoms with Crippen LogP contribution in [0.2, 0.25) is 0 Å². The van der Waals surface area contributed by atoms with Crippen molar-refractivity contribution in [2.24, 2.45) is 0 Å². The van der Waals surface area contributed by atoms with Gasteiger partial charge in [0.25, 0.3) is 0 Å². The fourth-order valence-electron chi connectivity index (χ4n) is 0.675. The lowest BCUT2D eigenvalue weighted by atomic mass is 10.3. The molecule has 0 saturated carbocycles. The molecule has 0 fully saturated rings. The van der Waals surface area contributed by atoms with Crippen molar-refractivity contribution in [1.29, 1.82) is 0 Å². The Morgan fingerprint density at radius 1 is 1.58 bits per heavy atom. The molecule has 0 saturated heterocycles. The Kier molecular flexibility index (Phi) is 2.99. The van der Waals surface area contributed by atoms with Gasteiger partial charge in [0.15, 0.2) is 0 Å². The van der Waals surface area contributed by atoms with Crippen LogP contribution in [-0.4, -0.2) is 4.92 Å². The van der Waals surface area contributed by atoms with E-state index in [4.69, 9.17) is 0 Å². The minimum absolute atomic E-state index is 0.112. The van der Waals surface area contributed by atoms with Gasteiger partial charge >= 0.3 is 5.69 Å². The van der Waals surface area contributed by atoms with Crippen LogP contribution in [0.1, 0.15) is 0 Å². The molecule has 0 aliphatic carbocycles. The first-order valence-corrected chi connectivity index (χ1v) is 4.68. The molecule has 0 heterocycles. The number of rotatable bonds is 1. The van der Waals surface area contributed by atoms with E-state index in [1.165, 1.54) is 12.1 Å². The van der Waals surface area contributed by atoms with Crippen LogP contribution in [0.4, 0.5) is 10.1 Å². The molecule has 1 aromatic rings. The molecule has 0 N–H and O–H groups in total. The van der Waals surface area contributed by atoms with Crippen molar-refractivity contribution in [3.8, 4) is 0 Å². The van der Waals surface area contributed by atoms with Crippen LogP contribution < -0.4 is 0 Å². The van der Waals surface area contributed by atoms with Crippen molar-refractivity contribution in [3.05, 3.63) is 36.1 Å². The SMILES string of the molecule is O=[N+]([O-])c1cc(I)cc(Br)c1F. The Bertz CT molecular complexity index is 345. The van der Waals surface area contributed by atoms with E-state index >= 15 is 0 Å². The van der Waals surface area contributed by atoms with E-state index in [0.29, 0.717) is 3.57 Å². The van der Waals surface area contributed by atoms with Crippen molar-refractivity contribution in [2.75, 3.05) is 0 Å². The molecule has 64 valence electrons. The molecule has 12 heavy (non-hydrogen) atoms. The van der Waals surface area contributed by atoms with Gasteiger partial charge in [-0.2, -0.15) is 4.39 Å². The zero-order valence-corrected chi connectivity index (χ0v) is 9.30. The molecule has 1 aromatic carbocycles. The van der Waals surface area contributed by atoms with E-state index in [2.05, 4.69) is 15.9 Å². The van der Waals surface area contributed by atoms with Crippen molar-refractivity contribution in [2.45, 2.75) is 0 Å². The van der Waals surface area contributed by atoms with Gasteiger partial charge in [-0.05, 0) is 44.6 Å². The van der Waals surface area contributed by atoms with E-state index in [-0.39, 0.29) is 4.47 Å². The van der Waals surface area contributed by atoms with Crippen LogP contribution in [0.5, 0.6) is 0 Å². The summed E-state index contributed by atoms with van der Waals surface area (Å²) in [6.07, 6.45) is 0. The molecule has 0 amide bonds. The summed E-state index contributed by atoms with van der Waals surface area (Å²) in [5, 5.41) is 10.3. The Morgan fingerprint density at radius 3 is 2.67 bits per heavy atom. The standard InChI is InChI=1S/C6H2BrFINO2/c7-4-1-3(9)2-5(6(4)8)10(11)12/h1-2H. The molecule has 0 atom stereocenters. The zero-order chi connectivity index (χ0) is 9.30. The second kappa shape index (κ2) is 3.65. The lowest BCUT2D eigenvalue weighted by molar-refractivity contribution is -0.387. The summed E-state index contributed by atoms with van der Waals surface area (Å²) in [4.78, 5) is 9.52. The third kappa shape index (κ3) is 1.92. The summed E-state index contributed by atoms with van der Waals surface area (Å²) < 4.78 is 13.7. The van der Waals surface area contributed by atoms with E-state index < -0.39 is 16.4 Å². The lowest BCUT2D eigenvalue weighted by Gasteiger charge is -1.97. The molecule has 0 bridgehead atoms. The highest BCUT2D eigenvalue weighted by Crippen LogP contribution is 2.27. The maximum absolute atomic E-state index is 12.9. The summed E-state index contributed by atoms with van der Waals surface area (Å²) >= 11 is 4.76. The number of nitro benzene ring substituents is 1. The van der Waals surface area contributed by atoms with Crippen LogP contribution in [0.15, 0.2) is 16.6 Å². The van der Waals surface area contributed by atoms with Crippen LogP contribution in [0, 0.1) is 19.5 Å². The average molecular weight is 346 g/mol. The molecular weight excluding hydrogens is 344 g/mol. The first kappa shape index (κ1) is 9.85. The van der Waals surface area contributed by atoms with E-state index in [0.717, 1.165) is 0 Å². The van der Waals surface area contributed by atoms with Crippen LogP contribution in [0.3, 0.4) is 0 Å². The quantitative estimate of drug-likeness (QED) is 0.340. The minimum atomic E-state index is -0.833. The number of hydrogen-bond acceptors (Lipinski definition) is 2. The fourth-order valence-corrected chi connectivity index (χ4v) is 2.16.